The highest BCUT2D eigenvalue weighted by Crippen LogP contribution is 2.20. The van der Waals surface area contributed by atoms with Gasteiger partial charge in [0, 0.05) is 31.0 Å². The lowest BCUT2D eigenvalue weighted by atomic mass is 9.99. The van der Waals surface area contributed by atoms with Gasteiger partial charge in [-0.25, -0.2) is 4.98 Å². The average molecular weight is 294 g/mol. The number of hydrogen-bond acceptors (Lipinski definition) is 7. The van der Waals surface area contributed by atoms with E-state index >= 15 is 0 Å². The molecule has 1 fully saturated rings. The van der Waals surface area contributed by atoms with Crippen molar-refractivity contribution in [2.45, 2.75) is 26.3 Å². The first-order chi connectivity index (χ1) is 9.79. The van der Waals surface area contributed by atoms with Gasteiger partial charge in [-0.15, -0.1) is 0 Å². The minimum absolute atomic E-state index is 0.542. The predicted molar refractivity (Wildman–Crippen MR) is 74.6 cm³/mol. The summed E-state index contributed by atoms with van der Waals surface area (Å²) < 4.78 is 10.7. The number of nitrogens with zero attached hydrogens (tertiary/aromatic N) is 4. The van der Waals surface area contributed by atoms with E-state index in [1.54, 1.807) is 6.20 Å². The summed E-state index contributed by atoms with van der Waals surface area (Å²) in [6.45, 7) is 5.40. The van der Waals surface area contributed by atoms with Crippen LogP contribution < -0.4 is 4.74 Å². The summed E-state index contributed by atoms with van der Waals surface area (Å²) >= 11 is 1.54. The maximum Gasteiger partial charge on any atom is 0.273 e. The van der Waals surface area contributed by atoms with Crippen molar-refractivity contribution in [3.05, 3.63) is 23.3 Å². The lowest BCUT2D eigenvalue weighted by Crippen LogP contribution is -2.37. The minimum Gasteiger partial charge on any atom is -0.470 e. The van der Waals surface area contributed by atoms with Crippen molar-refractivity contribution < 1.29 is 9.26 Å². The summed E-state index contributed by atoms with van der Waals surface area (Å²) in [6.07, 6.45) is 4.15. The molecule has 3 rings (SSSR count). The zero-order chi connectivity index (χ0) is 13.8. The summed E-state index contributed by atoms with van der Waals surface area (Å²) in [5, 5.41) is 6.65. The van der Waals surface area contributed by atoms with E-state index in [2.05, 4.69) is 20.0 Å². The van der Waals surface area contributed by atoms with Crippen molar-refractivity contribution in [3.63, 3.8) is 0 Å². The van der Waals surface area contributed by atoms with Gasteiger partial charge in [0.2, 0.25) is 5.89 Å². The van der Waals surface area contributed by atoms with Crippen LogP contribution in [0.5, 0.6) is 5.19 Å². The van der Waals surface area contributed by atoms with Crippen molar-refractivity contribution >= 4 is 11.3 Å². The van der Waals surface area contributed by atoms with Crippen LogP contribution in [-0.4, -0.2) is 39.7 Å². The van der Waals surface area contributed by atoms with E-state index in [0.717, 1.165) is 37.3 Å². The number of aromatic nitrogens is 3. The minimum atomic E-state index is 0.542. The molecule has 1 saturated heterocycles. The molecule has 0 bridgehead atoms. The van der Waals surface area contributed by atoms with Crippen LogP contribution in [0.1, 0.15) is 24.6 Å². The zero-order valence-corrected chi connectivity index (χ0v) is 12.3. The van der Waals surface area contributed by atoms with Gasteiger partial charge in [0.15, 0.2) is 5.82 Å². The number of rotatable bonds is 5. The molecule has 2 aromatic heterocycles. The maximum absolute atomic E-state index is 5.72. The fraction of sp³-hybridized carbons (Fsp3) is 0.615. The van der Waals surface area contributed by atoms with E-state index in [4.69, 9.17) is 9.26 Å². The lowest BCUT2D eigenvalue weighted by molar-refractivity contribution is 0.122. The molecule has 7 heteroatoms. The first kappa shape index (κ1) is 13.5. The Morgan fingerprint density at radius 1 is 1.55 bits per heavy atom. The maximum atomic E-state index is 5.72. The Balaban J connectivity index is 1.48. The zero-order valence-electron chi connectivity index (χ0n) is 11.5. The van der Waals surface area contributed by atoms with Crippen LogP contribution in [0.3, 0.4) is 0 Å². The molecule has 1 unspecified atom stereocenters. The van der Waals surface area contributed by atoms with Gasteiger partial charge < -0.3 is 9.26 Å². The van der Waals surface area contributed by atoms with Gasteiger partial charge in [0.25, 0.3) is 5.19 Å². The number of aryl methyl sites for hydroxylation is 1. The molecule has 108 valence electrons. The van der Waals surface area contributed by atoms with Crippen molar-refractivity contribution in [1.82, 2.24) is 20.0 Å². The van der Waals surface area contributed by atoms with E-state index in [0.29, 0.717) is 11.8 Å². The highest BCUT2D eigenvalue weighted by Gasteiger charge is 2.22. The average Bonchev–Trinajstić information content (AvgIpc) is 3.09. The molecule has 6 nitrogen and oxygen atoms in total. The quantitative estimate of drug-likeness (QED) is 0.841. The van der Waals surface area contributed by atoms with E-state index in [-0.39, 0.29) is 0 Å². The Kier molecular flexibility index (Phi) is 4.27. The Morgan fingerprint density at radius 3 is 3.25 bits per heavy atom. The molecule has 0 aliphatic carbocycles. The molecule has 0 radical (unpaired) electrons. The number of piperidine rings is 1. The molecule has 0 amide bonds. The molecule has 2 aromatic rings. The van der Waals surface area contributed by atoms with Crippen LogP contribution in [0.25, 0.3) is 0 Å². The van der Waals surface area contributed by atoms with E-state index < -0.39 is 0 Å². The summed E-state index contributed by atoms with van der Waals surface area (Å²) in [4.78, 5) is 10.8. The molecule has 3 heterocycles. The summed E-state index contributed by atoms with van der Waals surface area (Å²) in [6, 6.07) is 0. The van der Waals surface area contributed by atoms with E-state index in [1.165, 1.54) is 24.2 Å². The van der Waals surface area contributed by atoms with Gasteiger partial charge in [-0.3, -0.25) is 4.90 Å². The topological polar surface area (TPSA) is 64.3 Å². The molecule has 0 saturated carbocycles. The van der Waals surface area contributed by atoms with Crippen LogP contribution in [0.4, 0.5) is 0 Å². The third-order valence-electron chi connectivity index (χ3n) is 3.39. The molecular weight excluding hydrogens is 276 g/mol. The highest BCUT2D eigenvalue weighted by atomic mass is 32.1. The molecular formula is C13H18N4O2S. The largest absolute Gasteiger partial charge is 0.470 e. The summed E-state index contributed by atoms with van der Waals surface area (Å²) in [7, 11) is 0. The predicted octanol–water partition coefficient (Wildman–Crippen LogP) is 2.13. The second kappa shape index (κ2) is 6.32. The Labute approximate surface area is 121 Å². The fourth-order valence-electron chi connectivity index (χ4n) is 2.51. The Bertz CT molecular complexity index is 528. The van der Waals surface area contributed by atoms with Crippen LogP contribution in [0, 0.1) is 12.8 Å². The highest BCUT2D eigenvalue weighted by molar-refractivity contribution is 7.11. The molecule has 1 aliphatic heterocycles. The van der Waals surface area contributed by atoms with Crippen molar-refractivity contribution in [2.75, 3.05) is 19.7 Å². The van der Waals surface area contributed by atoms with Crippen LogP contribution in [0.2, 0.25) is 0 Å². The number of ether oxygens (including phenoxy) is 1. The lowest BCUT2D eigenvalue weighted by Gasteiger charge is -2.31. The Morgan fingerprint density at radius 2 is 2.50 bits per heavy atom. The fourth-order valence-corrected chi connectivity index (χ4v) is 3.00. The molecule has 20 heavy (non-hydrogen) atoms. The first-order valence-corrected chi connectivity index (χ1v) is 7.71. The smallest absolute Gasteiger partial charge is 0.273 e. The van der Waals surface area contributed by atoms with Gasteiger partial charge in [0.05, 0.1) is 13.2 Å². The SMILES string of the molecule is Cc1nc(CN2CCCC(COc3nccs3)C2)no1. The summed E-state index contributed by atoms with van der Waals surface area (Å²) in [5.74, 6) is 1.94. The molecule has 1 aliphatic rings. The van der Waals surface area contributed by atoms with Crippen LogP contribution in [-0.2, 0) is 6.54 Å². The van der Waals surface area contributed by atoms with Crippen molar-refractivity contribution in [2.24, 2.45) is 5.92 Å². The molecule has 0 spiro atoms. The van der Waals surface area contributed by atoms with Crippen molar-refractivity contribution in [3.8, 4) is 5.19 Å². The van der Waals surface area contributed by atoms with Gasteiger partial charge in [-0.05, 0) is 19.4 Å². The van der Waals surface area contributed by atoms with Gasteiger partial charge in [-0.2, -0.15) is 4.98 Å². The second-order valence-electron chi connectivity index (χ2n) is 5.08. The number of likely N-dealkylation sites (tertiary alicyclic amines) is 1. The second-order valence-corrected chi connectivity index (χ2v) is 5.94. The van der Waals surface area contributed by atoms with Crippen LogP contribution in [0.15, 0.2) is 16.1 Å². The van der Waals surface area contributed by atoms with E-state index in [1.807, 2.05) is 12.3 Å². The van der Waals surface area contributed by atoms with Crippen molar-refractivity contribution in [1.29, 1.82) is 0 Å². The van der Waals surface area contributed by atoms with Gasteiger partial charge >= 0.3 is 0 Å². The third kappa shape index (κ3) is 3.55. The standard InChI is InChI=1S/C13H18N4O2S/c1-10-15-12(16-19-10)8-17-5-2-3-11(7-17)9-18-13-14-4-6-20-13/h4,6,11H,2-3,5,7-9H2,1H3. The normalized spacial score (nSPS) is 20.1. The van der Waals surface area contributed by atoms with E-state index in [9.17, 15) is 0 Å². The van der Waals surface area contributed by atoms with Crippen LogP contribution >= 0.6 is 11.3 Å². The molecule has 0 N–H and O–H groups in total. The number of hydrogen-bond donors (Lipinski definition) is 0. The number of thiazole rings is 1. The molecule has 0 aromatic carbocycles. The monoisotopic (exact) mass is 294 g/mol. The first-order valence-electron chi connectivity index (χ1n) is 6.83. The summed E-state index contributed by atoms with van der Waals surface area (Å²) in [5.41, 5.74) is 0. The van der Waals surface area contributed by atoms with Gasteiger partial charge in [0.1, 0.15) is 0 Å². The Hall–Kier alpha value is -1.47. The third-order valence-corrected chi connectivity index (χ3v) is 4.07. The van der Waals surface area contributed by atoms with Gasteiger partial charge in [-0.1, -0.05) is 16.5 Å². The molecule has 1 atom stereocenters.